The van der Waals surface area contributed by atoms with Crippen LogP contribution < -0.4 is 4.74 Å². The smallest absolute Gasteiger partial charge is 0.344 e. The highest BCUT2D eigenvalue weighted by Crippen LogP contribution is 2.24. The molecule has 25 heavy (non-hydrogen) atoms. The molecule has 1 atom stereocenters. The minimum atomic E-state index is -1.01. The molecule has 0 saturated carbocycles. The first-order chi connectivity index (χ1) is 12.0. The number of benzene rings is 1. The van der Waals surface area contributed by atoms with Crippen LogP contribution in [0.5, 0.6) is 5.75 Å². The molecule has 8 nitrogen and oxygen atoms in total. The van der Waals surface area contributed by atoms with Gasteiger partial charge in [0.1, 0.15) is 11.4 Å². The van der Waals surface area contributed by atoms with Crippen molar-refractivity contribution in [1.29, 1.82) is 0 Å². The molecule has 0 saturated heterocycles. The second-order valence-corrected chi connectivity index (χ2v) is 5.41. The highest BCUT2D eigenvalue weighted by molar-refractivity contribution is 5.72. The summed E-state index contributed by atoms with van der Waals surface area (Å²) in [6.07, 6.45) is 2.58. The predicted octanol–water partition coefficient (Wildman–Crippen LogP) is 3.15. The quantitative estimate of drug-likeness (QED) is 0.545. The van der Waals surface area contributed by atoms with E-state index in [1.54, 1.807) is 47.9 Å². The van der Waals surface area contributed by atoms with Gasteiger partial charge in [-0.2, -0.15) is 0 Å². The second-order valence-electron chi connectivity index (χ2n) is 5.41. The molecule has 1 N–H and O–H groups in total. The number of fused-ring (bicyclic) bond motifs is 1. The van der Waals surface area contributed by atoms with Gasteiger partial charge >= 0.3 is 5.97 Å². The van der Waals surface area contributed by atoms with Gasteiger partial charge in [0.15, 0.2) is 6.10 Å². The van der Waals surface area contributed by atoms with Crippen LogP contribution in [-0.4, -0.2) is 31.5 Å². The Morgan fingerprint density at radius 3 is 2.60 bits per heavy atom. The van der Waals surface area contributed by atoms with Crippen molar-refractivity contribution in [3.8, 4) is 17.0 Å². The molecule has 3 aromatic rings. The monoisotopic (exact) mass is 341 g/mol. The van der Waals surface area contributed by atoms with E-state index in [4.69, 9.17) is 9.84 Å². The lowest BCUT2D eigenvalue weighted by molar-refractivity contribution is -0.385. The largest absolute Gasteiger partial charge is 0.479 e. The average molecular weight is 341 g/mol. The number of carbonyl (C=O) groups is 1. The second kappa shape index (κ2) is 6.60. The summed E-state index contributed by atoms with van der Waals surface area (Å²) in [5.74, 6) is -0.550. The molecular formula is C17H15N3O5. The van der Waals surface area contributed by atoms with Crippen molar-refractivity contribution >= 4 is 17.3 Å². The lowest BCUT2D eigenvalue weighted by Crippen LogP contribution is -2.25. The van der Waals surface area contributed by atoms with Crippen LogP contribution in [0.4, 0.5) is 5.69 Å². The van der Waals surface area contributed by atoms with Crippen molar-refractivity contribution in [3.63, 3.8) is 0 Å². The number of hydrogen-bond donors (Lipinski definition) is 1. The van der Waals surface area contributed by atoms with Crippen molar-refractivity contribution in [2.75, 3.05) is 0 Å². The number of aromatic nitrogens is 2. The number of ether oxygens (including phenoxy) is 1. The fraction of sp³-hybridized carbons (Fsp3) is 0.176. The maximum Gasteiger partial charge on any atom is 0.344 e. The third-order valence-corrected chi connectivity index (χ3v) is 3.72. The van der Waals surface area contributed by atoms with E-state index in [-0.39, 0.29) is 5.69 Å². The first kappa shape index (κ1) is 16.4. The maximum absolute atomic E-state index is 11.0. The van der Waals surface area contributed by atoms with Crippen LogP contribution in [0.25, 0.3) is 16.9 Å². The van der Waals surface area contributed by atoms with E-state index >= 15 is 0 Å². The Balaban J connectivity index is 1.85. The van der Waals surface area contributed by atoms with Crippen molar-refractivity contribution in [2.45, 2.75) is 19.4 Å². The number of pyridine rings is 1. The van der Waals surface area contributed by atoms with E-state index in [0.717, 1.165) is 5.56 Å². The minimum absolute atomic E-state index is 0.0144. The molecule has 0 aliphatic heterocycles. The molecule has 2 aromatic heterocycles. The van der Waals surface area contributed by atoms with Gasteiger partial charge in [0.2, 0.25) is 0 Å². The van der Waals surface area contributed by atoms with Crippen LogP contribution in [0.2, 0.25) is 0 Å². The number of aliphatic carboxylic acids is 1. The number of carboxylic acids is 1. The van der Waals surface area contributed by atoms with E-state index < -0.39 is 17.0 Å². The summed E-state index contributed by atoms with van der Waals surface area (Å²) in [5, 5.41) is 19.9. The zero-order valence-corrected chi connectivity index (χ0v) is 13.3. The standard InChI is InChI=1S/C17H15N3O5/c1-2-15(17(21)22)25-13-6-3-11(4-7-13)14-10-19-9-12(20(23)24)5-8-16(19)18-14/h3-10,15H,2H2,1H3,(H,21,22). The summed E-state index contributed by atoms with van der Waals surface area (Å²) < 4.78 is 7.01. The van der Waals surface area contributed by atoms with Gasteiger partial charge in [0, 0.05) is 17.8 Å². The fourth-order valence-corrected chi connectivity index (χ4v) is 2.40. The molecule has 3 rings (SSSR count). The maximum atomic E-state index is 11.0. The van der Waals surface area contributed by atoms with Crippen LogP contribution in [0.3, 0.4) is 0 Å². The van der Waals surface area contributed by atoms with Crippen molar-refractivity contribution in [1.82, 2.24) is 9.38 Å². The highest BCUT2D eigenvalue weighted by atomic mass is 16.6. The van der Waals surface area contributed by atoms with Gasteiger partial charge in [0.05, 0.1) is 16.8 Å². The summed E-state index contributed by atoms with van der Waals surface area (Å²) in [6.45, 7) is 1.74. The Morgan fingerprint density at radius 1 is 1.28 bits per heavy atom. The lowest BCUT2D eigenvalue weighted by Gasteiger charge is -2.13. The molecule has 8 heteroatoms. The van der Waals surface area contributed by atoms with Crippen LogP contribution in [-0.2, 0) is 4.79 Å². The van der Waals surface area contributed by atoms with E-state index in [1.165, 1.54) is 12.3 Å². The lowest BCUT2D eigenvalue weighted by atomic mass is 10.1. The third kappa shape index (κ3) is 3.42. The third-order valence-electron chi connectivity index (χ3n) is 3.72. The number of hydrogen-bond acceptors (Lipinski definition) is 5. The van der Waals surface area contributed by atoms with Crippen LogP contribution in [0.1, 0.15) is 13.3 Å². The van der Waals surface area contributed by atoms with E-state index in [1.807, 2.05) is 0 Å². The van der Waals surface area contributed by atoms with E-state index in [0.29, 0.717) is 23.5 Å². The van der Waals surface area contributed by atoms with Gasteiger partial charge in [-0.05, 0) is 36.8 Å². The zero-order valence-electron chi connectivity index (χ0n) is 13.3. The summed E-state index contributed by atoms with van der Waals surface area (Å²) in [7, 11) is 0. The van der Waals surface area contributed by atoms with Gasteiger partial charge in [0.25, 0.3) is 5.69 Å². The van der Waals surface area contributed by atoms with Crippen molar-refractivity contribution < 1.29 is 19.6 Å². The highest BCUT2D eigenvalue weighted by Gasteiger charge is 2.16. The van der Waals surface area contributed by atoms with E-state index in [9.17, 15) is 14.9 Å². The first-order valence-electron chi connectivity index (χ1n) is 7.61. The Hall–Kier alpha value is -3.42. The summed E-state index contributed by atoms with van der Waals surface area (Å²) >= 11 is 0. The number of rotatable bonds is 6. The molecule has 0 radical (unpaired) electrons. The number of imidazole rings is 1. The number of nitro groups is 1. The molecule has 0 spiro atoms. The van der Waals surface area contributed by atoms with Gasteiger partial charge in [-0.1, -0.05) is 6.92 Å². The summed E-state index contributed by atoms with van der Waals surface area (Å²) in [4.78, 5) is 25.8. The summed E-state index contributed by atoms with van der Waals surface area (Å²) in [6, 6.07) is 9.86. The van der Waals surface area contributed by atoms with E-state index in [2.05, 4.69) is 4.98 Å². The molecule has 0 aliphatic rings. The number of nitrogens with zero attached hydrogens (tertiary/aromatic N) is 3. The summed E-state index contributed by atoms with van der Waals surface area (Å²) in [5.41, 5.74) is 2.02. The fourth-order valence-electron chi connectivity index (χ4n) is 2.40. The Morgan fingerprint density at radius 2 is 2.00 bits per heavy atom. The SMILES string of the molecule is CCC(Oc1ccc(-c2cn3cc([N+](=O)[O-])ccc3n2)cc1)C(=O)O. The minimum Gasteiger partial charge on any atom is -0.479 e. The molecule has 128 valence electrons. The first-order valence-corrected chi connectivity index (χ1v) is 7.61. The normalized spacial score (nSPS) is 12.0. The van der Waals surface area contributed by atoms with Gasteiger partial charge in [-0.3, -0.25) is 14.5 Å². The van der Waals surface area contributed by atoms with Crippen LogP contribution >= 0.6 is 0 Å². The van der Waals surface area contributed by atoms with Gasteiger partial charge in [-0.15, -0.1) is 0 Å². The zero-order chi connectivity index (χ0) is 18.0. The Bertz CT molecular complexity index is 933. The molecule has 0 aliphatic carbocycles. The van der Waals surface area contributed by atoms with Gasteiger partial charge < -0.3 is 9.84 Å². The Labute approximate surface area is 142 Å². The molecule has 2 heterocycles. The van der Waals surface area contributed by atoms with Crippen LogP contribution in [0.15, 0.2) is 48.8 Å². The molecular weight excluding hydrogens is 326 g/mol. The molecule has 0 fully saturated rings. The molecule has 0 bridgehead atoms. The molecule has 1 aromatic carbocycles. The van der Waals surface area contributed by atoms with Crippen LogP contribution in [0, 0.1) is 10.1 Å². The topological polar surface area (TPSA) is 107 Å². The van der Waals surface area contributed by atoms with Crippen molar-refractivity contribution in [3.05, 3.63) is 58.9 Å². The Kier molecular flexibility index (Phi) is 4.34. The van der Waals surface area contributed by atoms with Gasteiger partial charge in [-0.25, -0.2) is 9.78 Å². The predicted molar refractivity (Wildman–Crippen MR) is 89.6 cm³/mol. The number of carboxylic acid groups (broad SMARTS) is 1. The average Bonchev–Trinajstić information content (AvgIpc) is 3.03. The molecule has 1 unspecified atom stereocenters. The van der Waals surface area contributed by atoms with Crippen molar-refractivity contribution in [2.24, 2.45) is 0 Å². The molecule has 0 amide bonds.